The Morgan fingerprint density at radius 1 is 0.306 bits per heavy atom. The molecular weight excluding hydrogens is 753 g/mol. The van der Waals surface area contributed by atoms with E-state index in [4.69, 9.17) is 14.4 Å². The Morgan fingerprint density at radius 2 is 0.823 bits per heavy atom. The highest BCUT2D eigenvalue weighted by Crippen LogP contribution is 2.61. The fraction of sp³-hybridized carbons (Fsp3) is 0.0169. The summed E-state index contributed by atoms with van der Waals surface area (Å²) in [5, 5.41) is 2.15. The maximum absolute atomic E-state index is 6.60. The molecule has 62 heavy (non-hydrogen) atoms. The highest BCUT2D eigenvalue weighted by molar-refractivity contribution is 6.09. The molecule has 2 aliphatic rings. The third-order valence-corrected chi connectivity index (χ3v) is 13.1. The van der Waals surface area contributed by atoms with E-state index in [1.165, 1.54) is 55.6 Å². The Morgan fingerprint density at radius 3 is 1.55 bits per heavy atom. The van der Waals surface area contributed by atoms with Crippen LogP contribution in [0.2, 0.25) is 0 Å². The molecule has 9 aromatic carbocycles. The summed E-state index contributed by atoms with van der Waals surface area (Å²) in [6.07, 6.45) is 0. The van der Waals surface area contributed by atoms with E-state index in [0.29, 0.717) is 5.82 Å². The van der Waals surface area contributed by atoms with Crippen LogP contribution in [0.3, 0.4) is 0 Å². The van der Waals surface area contributed by atoms with E-state index >= 15 is 0 Å². The molecular formula is C59H36N2O. The average molecular weight is 789 g/mol. The Hall–Kier alpha value is -8.14. The maximum Gasteiger partial charge on any atom is 0.160 e. The fourth-order valence-electron chi connectivity index (χ4n) is 10.5. The molecule has 0 bridgehead atoms. The van der Waals surface area contributed by atoms with Crippen LogP contribution in [-0.4, -0.2) is 9.97 Å². The van der Waals surface area contributed by atoms with E-state index in [-0.39, 0.29) is 0 Å². The summed E-state index contributed by atoms with van der Waals surface area (Å²) in [7, 11) is 0. The van der Waals surface area contributed by atoms with Crippen molar-refractivity contribution >= 4 is 21.9 Å². The van der Waals surface area contributed by atoms with Crippen molar-refractivity contribution < 1.29 is 4.42 Å². The van der Waals surface area contributed by atoms with Crippen molar-refractivity contribution in [2.45, 2.75) is 5.41 Å². The van der Waals surface area contributed by atoms with Crippen molar-refractivity contribution in [1.29, 1.82) is 0 Å². The second kappa shape index (κ2) is 13.4. The lowest BCUT2D eigenvalue weighted by Gasteiger charge is -2.35. The molecule has 0 N–H and O–H groups in total. The molecule has 2 aromatic heterocycles. The van der Waals surface area contributed by atoms with Gasteiger partial charge in [-0.15, -0.1) is 0 Å². The van der Waals surface area contributed by atoms with Crippen LogP contribution in [-0.2, 0) is 5.41 Å². The largest absolute Gasteiger partial charge is 0.455 e. The van der Waals surface area contributed by atoms with Gasteiger partial charge in [-0.05, 0) is 97.1 Å². The lowest BCUT2D eigenvalue weighted by molar-refractivity contribution is 0.670. The van der Waals surface area contributed by atoms with Gasteiger partial charge in [0.25, 0.3) is 0 Å². The summed E-state index contributed by atoms with van der Waals surface area (Å²) in [5.74, 6) is 0.658. The summed E-state index contributed by atoms with van der Waals surface area (Å²) in [6, 6.07) is 78.7. The first-order valence-corrected chi connectivity index (χ1v) is 21.2. The van der Waals surface area contributed by atoms with E-state index < -0.39 is 5.41 Å². The van der Waals surface area contributed by atoms with Gasteiger partial charge in [0.1, 0.15) is 11.2 Å². The van der Waals surface area contributed by atoms with Gasteiger partial charge in [0.05, 0.1) is 16.8 Å². The molecule has 3 nitrogen and oxygen atoms in total. The van der Waals surface area contributed by atoms with Gasteiger partial charge in [0.2, 0.25) is 0 Å². The lowest BCUT2D eigenvalue weighted by atomic mass is 9.66. The summed E-state index contributed by atoms with van der Waals surface area (Å²) >= 11 is 0. The first kappa shape index (κ1) is 34.7. The van der Waals surface area contributed by atoms with E-state index in [2.05, 4.69) is 200 Å². The molecule has 0 amide bonds. The number of aromatic nitrogens is 2. The number of fused-ring (bicyclic) bond motifs is 15. The fourth-order valence-corrected chi connectivity index (χ4v) is 10.5. The van der Waals surface area contributed by atoms with Crippen molar-refractivity contribution in [3.8, 4) is 78.4 Å². The van der Waals surface area contributed by atoms with Crippen molar-refractivity contribution in [3.63, 3.8) is 0 Å². The van der Waals surface area contributed by atoms with Gasteiger partial charge in [-0.1, -0.05) is 188 Å². The molecule has 288 valence electrons. The maximum atomic E-state index is 6.60. The molecule has 0 fully saturated rings. The van der Waals surface area contributed by atoms with Gasteiger partial charge < -0.3 is 4.42 Å². The zero-order valence-corrected chi connectivity index (χ0v) is 33.6. The van der Waals surface area contributed by atoms with Crippen LogP contribution in [0.25, 0.3) is 100 Å². The molecule has 1 spiro atoms. The van der Waals surface area contributed by atoms with Crippen molar-refractivity contribution in [2.24, 2.45) is 0 Å². The molecule has 13 rings (SSSR count). The number of rotatable bonds is 4. The van der Waals surface area contributed by atoms with E-state index in [0.717, 1.165) is 61.1 Å². The Kier molecular flexibility index (Phi) is 7.52. The molecule has 3 heteroatoms. The highest BCUT2D eigenvalue weighted by Gasteiger charge is 2.49. The van der Waals surface area contributed by atoms with E-state index in [1.807, 2.05) is 18.2 Å². The van der Waals surface area contributed by atoms with Crippen LogP contribution < -0.4 is 0 Å². The van der Waals surface area contributed by atoms with E-state index in [1.54, 1.807) is 0 Å². The number of benzene rings is 9. The minimum Gasteiger partial charge on any atom is -0.455 e. The van der Waals surface area contributed by atoms with E-state index in [9.17, 15) is 0 Å². The first-order valence-electron chi connectivity index (χ1n) is 21.2. The lowest BCUT2D eigenvalue weighted by Crippen LogP contribution is -2.29. The summed E-state index contributed by atoms with van der Waals surface area (Å²) in [5.41, 5.74) is 20.6. The minimum atomic E-state index is -0.548. The van der Waals surface area contributed by atoms with Crippen LogP contribution in [0.4, 0.5) is 0 Å². The molecule has 0 saturated carbocycles. The molecule has 11 aromatic rings. The third-order valence-electron chi connectivity index (χ3n) is 13.1. The Bertz CT molecular complexity index is 3530. The van der Waals surface area contributed by atoms with Gasteiger partial charge in [0.15, 0.2) is 5.82 Å². The average Bonchev–Trinajstić information content (AvgIpc) is 3.84. The van der Waals surface area contributed by atoms with Crippen molar-refractivity contribution in [3.05, 3.63) is 241 Å². The number of para-hydroxylation sites is 2. The predicted molar refractivity (Wildman–Crippen MR) is 253 cm³/mol. The summed E-state index contributed by atoms with van der Waals surface area (Å²) < 4.78 is 6.60. The standard InChI is InChI=1S/C59H36N2O/c1-2-16-37(17-3-1)38-18-14-19-40(34-38)58-60-54(36-55(61-58)48-27-15-26-47-46-25-9-13-31-56(46)62-57(47)48)39-32-33-53-49(35-39)45-24-8-12-30-52(45)59(53)50-28-10-6-22-43(50)41-20-4-5-21-42(41)44-23-7-11-29-51(44)59/h1-36H. The molecule has 2 heterocycles. The van der Waals surface area contributed by atoms with Crippen LogP contribution in [0.15, 0.2) is 223 Å². The SMILES string of the molecule is c1ccc(-c2cccc(-c3nc(-c4ccc5c(c4)-c4ccccc4C54c5ccccc5-c5ccccc5-c5ccccc54)cc(-c4cccc5c4oc4ccccc45)n3)c2)cc1. The molecule has 0 atom stereocenters. The number of nitrogens with zero attached hydrogens (tertiary/aromatic N) is 2. The first-order chi connectivity index (χ1) is 30.7. The minimum absolute atomic E-state index is 0.548. The zero-order chi connectivity index (χ0) is 40.8. The van der Waals surface area contributed by atoms with Gasteiger partial charge in [-0.25, -0.2) is 9.97 Å². The van der Waals surface area contributed by atoms with Crippen LogP contribution >= 0.6 is 0 Å². The predicted octanol–water partition coefficient (Wildman–Crippen LogP) is 15.1. The number of hydrogen-bond acceptors (Lipinski definition) is 3. The molecule has 0 aliphatic heterocycles. The monoisotopic (exact) mass is 788 g/mol. The highest BCUT2D eigenvalue weighted by atomic mass is 16.3. The second-order valence-electron chi connectivity index (χ2n) is 16.4. The molecule has 2 aliphatic carbocycles. The van der Waals surface area contributed by atoms with Crippen LogP contribution in [0.1, 0.15) is 22.3 Å². The van der Waals surface area contributed by atoms with Crippen molar-refractivity contribution in [2.75, 3.05) is 0 Å². The zero-order valence-electron chi connectivity index (χ0n) is 33.6. The second-order valence-corrected chi connectivity index (χ2v) is 16.4. The smallest absolute Gasteiger partial charge is 0.160 e. The third kappa shape index (κ3) is 5.00. The Balaban J connectivity index is 1.06. The molecule has 0 unspecified atom stereocenters. The van der Waals surface area contributed by atoms with Gasteiger partial charge in [0, 0.05) is 27.5 Å². The number of hydrogen-bond donors (Lipinski definition) is 0. The van der Waals surface area contributed by atoms with Crippen molar-refractivity contribution in [1.82, 2.24) is 9.97 Å². The normalized spacial score (nSPS) is 13.0. The summed E-state index contributed by atoms with van der Waals surface area (Å²) in [4.78, 5) is 10.8. The summed E-state index contributed by atoms with van der Waals surface area (Å²) in [6.45, 7) is 0. The topological polar surface area (TPSA) is 38.9 Å². The van der Waals surface area contributed by atoms with Crippen LogP contribution in [0, 0.1) is 0 Å². The quantitative estimate of drug-likeness (QED) is 0.178. The van der Waals surface area contributed by atoms with Gasteiger partial charge >= 0.3 is 0 Å². The van der Waals surface area contributed by atoms with Crippen LogP contribution in [0.5, 0.6) is 0 Å². The van der Waals surface area contributed by atoms with Gasteiger partial charge in [-0.2, -0.15) is 0 Å². The number of furan rings is 1. The van der Waals surface area contributed by atoms with Gasteiger partial charge in [-0.3, -0.25) is 0 Å². The Labute approximate surface area is 359 Å². The molecule has 0 radical (unpaired) electrons. The molecule has 0 saturated heterocycles.